The Kier molecular flexibility index (Phi) is 6.44. The van der Waals surface area contributed by atoms with Gasteiger partial charge in [0.1, 0.15) is 11.0 Å². The van der Waals surface area contributed by atoms with Crippen LogP contribution in [0, 0.1) is 5.82 Å². The average molecular weight is 430 g/mol. The molecule has 1 aromatic carbocycles. The summed E-state index contributed by atoms with van der Waals surface area (Å²) < 4.78 is 27.2. The molecule has 2 aromatic heterocycles. The summed E-state index contributed by atoms with van der Waals surface area (Å²) in [6.07, 6.45) is 7.98. The molecule has 0 amide bonds. The number of hydrogen-bond donors (Lipinski definition) is 1. The second-order valence-electron chi connectivity index (χ2n) is 7.09. The van der Waals surface area contributed by atoms with Crippen LogP contribution in [0.4, 0.5) is 4.39 Å². The fourth-order valence-corrected chi connectivity index (χ4v) is 4.41. The van der Waals surface area contributed by atoms with E-state index in [0.29, 0.717) is 35.2 Å². The molecule has 158 valence electrons. The quantitative estimate of drug-likeness (QED) is 0.546. The Morgan fingerprint density at radius 2 is 2.30 bits per heavy atom. The number of halogens is 1. The Hall–Kier alpha value is -2.71. The number of rotatable bonds is 8. The average Bonchev–Trinajstić information content (AvgIpc) is 3.40. The number of thiophene rings is 1. The third-order valence-corrected chi connectivity index (χ3v) is 6.11. The summed E-state index contributed by atoms with van der Waals surface area (Å²) >= 11 is 1.33. The van der Waals surface area contributed by atoms with Crippen molar-refractivity contribution >= 4 is 27.6 Å². The van der Waals surface area contributed by atoms with Crippen LogP contribution in [0.2, 0.25) is 0 Å². The van der Waals surface area contributed by atoms with Gasteiger partial charge >= 0.3 is 0 Å². The van der Waals surface area contributed by atoms with Crippen LogP contribution in [0.1, 0.15) is 31.1 Å². The fraction of sp³-hybridized carbons (Fsp3) is 0.364. The molecule has 1 saturated heterocycles. The highest BCUT2D eigenvalue weighted by atomic mass is 32.1. The molecule has 3 aromatic rings. The summed E-state index contributed by atoms with van der Waals surface area (Å²) in [6.45, 7) is 3.97. The van der Waals surface area contributed by atoms with Crippen LogP contribution in [-0.2, 0) is 4.74 Å². The maximum atomic E-state index is 14.6. The van der Waals surface area contributed by atoms with E-state index in [-0.39, 0.29) is 11.3 Å². The van der Waals surface area contributed by atoms with E-state index in [4.69, 9.17) is 9.47 Å². The van der Waals surface area contributed by atoms with Crippen molar-refractivity contribution in [2.24, 2.45) is 0 Å². The van der Waals surface area contributed by atoms with Crippen LogP contribution in [0.15, 0.2) is 41.6 Å². The molecule has 4 rings (SSSR count). The van der Waals surface area contributed by atoms with E-state index in [1.165, 1.54) is 34.7 Å². The summed E-state index contributed by atoms with van der Waals surface area (Å²) in [5, 5.41) is 3.40. The van der Waals surface area contributed by atoms with Crippen molar-refractivity contribution in [2.75, 3.05) is 19.8 Å². The summed E-state index contributed by atoms with van der Waals surface area (Å²) in [5.41, 5.74) is 0.788. The van der Waals surface area contributed by atoms with Crippen molar-refractivity contribution in [3.05, 3.63) is 57.9 Å². The first-order valence-corrected chi connectivity index (χ1v) is 10.9. The molecule has 1 atom stereocenters. The van der Waals surface area contributed by atoms with E-state index in [1.54, 1.807) is 24.5 Å². The van der Waals surface area contributed by atoms with Gasteiger partial charge < -0.3 is 14.8 Å². The third kappa shape index (κ3) is 4.55. The van der Waals surface area contributed by atoms with Crippen LogP contribution in [0.3, 0.4) is 0 Å². The topological polar surface area (TPSA) is 65.4 Å². The van der Waals surface area contributed by atoms with Gasteiger partial charge in [-0.15, -0.1) is 11.3 Å². The zero-order chi connectivity index (χ0) is 20.9. The molecule has 1 N–H and O–H groups in total. The van der Waals surface area contributed by atoms with E-state index in [9.17, 15) is 9.18 Å². The lowest BCUT2D eigenvalue weighted by Crippen LogP contribution is -2.23. The Morgan fingerprint density at radius 1 is 1.40 bits per heavy atom. The van der Waals surface area contributed by atoms with Crippen molar-refractivity contribution < 1.29 is 13.9 Å². The van der Waals surface area contributed by atoms with Gasteiger partial charge in [0.25, 0.3) is 5.56 Å². The number of fused-ring (bicyclic) bond motifs is 1. The zero-order valence-corrected chi connectivity index (χ0v) is 17.6. The molecule has 0 saturated carbocycles. The van der Waals surface area contributed by atoms with Crippen LogP contribution in [0.25, 0.3) is 22.0 Å². The molecule has 8 heteroatoms. The first kappa shape index (κ1) is 20.6. The maximum absolute atomic E-state index is 14.6. The van der Waals surface area contributed by atoms with Gasteiger partial charge in [0.15, 0.2) is 11.6 Å². The van der Waals surface area contributed by atoms with E-state index in [0.717, 1.165) is 24.3 Å². The van der Waals surface area contributed by atoms with E-state index in [2.05, 4.69) is 10.3 Å². The van der Waals surface area contributed by atoms with Gasteiger partial charge in [-0.25, -0.2) is 9.37 Å². The minimum atomic E-state index is -0.495. The largest absolute Gasteiger partial charge is 0.501 e. The maximum Gasteiger partial charge on any atom is 0.275 e. The van der Waals surface area contributed by atoms with Gasteiger partial charge in [-0.3, -0.25) is 9.36 Å². The second kappa shape index (κ2) is 9.40. The van der Waals surface area contributed by atoms with Gasteiger partial charge in [-0.2, -0.15) is 0 Å². The molecule has 3 heterocycles. The number of aromatic nitrogens is 2. The highest BCUT2D eigenvalue weighted by molar-refractivity contribution is 7.19. The van der Waals surface area contributed by atoms with Gasteiger partial charge in [-0.1, -0.05) is 0 Å². The molecule has 6 nitrogen and oxygen atoms in total. The predicted molar refractivity (Wildman–Crippen MR) is 117 cm³/mol. The standard InChI is InChI=1S/C22H24FN3O3S/c1-2-28-10-8-17-13-19-21(30-17)22(27)26(14-25-19)16-5-6-20(18(23)12-16)29-11-7-15-4-3-9-24-15/h5-6,8,10,12-15,24H,2-4,7,9,11H2,1H3. The number of nitrogens with zero attached hydrogens (tertiary/aromatic N) is 2. The molecule has 0 bridgehead atoms. The Labute approximate surface area is 178 Å². The van der Waals surface area contributed by atoms with Crippen molar-refractivity contribution in [1.29, 1.82) is 0 Å². The first-order chi connectivity index (χ1) is 14.7. The second-order valence-corrected chi connectivity index (χ2v) is 8.17. The van der Waals surface area contributed by atoms with Crippen molar-refractivity contribution in [3.63, 3.8) is 0 Å². The van der Waals surface area contributed by atoms with Crippen LogP contribution in [-0.4, -0.2) is 35.4 Å². The van der Waals surface area contributed by atoms with Crippen LogP contribution >= 0.6 is 11.3 Å². The van der Waals surface area contributed by atoms with Crippen molar-refractivity contribution in [3.8, 4) is 11.4 Å². The third-order valence-electron chi connectivity index (χ3n) is 5.03. The lowest BCUT2D eigenvalue weighted by Gasteiger charge is -2.12. The Morgan fingerprint density at radius 3 is 3.07 bits per heavy atom. The van der Waals surface area contributed by atoms with Crippen molar-refractivity contribution in [2.45, 2.75) is 32.2 Å². The van der Waals surface area contributed by atoms with Crippen LogP contribution < -0.4 is 15.6 Å². The molecule has 1 aliphatic heterocycles. The van der Waals surface area contributed by atoms with Gasteiger partial charge in [0.05, 0.1) is 30.7 Å². The number of nitrogens with one attached hydrogen (secondary N) is 1. The monoisotopic (exact) mass is 429 g/mol. The van der Waals surface area contributed by atoms with E-state index >= 15 is 0 Å². The summed E-state index contributed by atoms with van der Waals surface area (Å²) in [6, 6.07) is 6.82. The molecule has 0 spiro atoms. The number of ether oxygens (including phenoxy) is 2. The molecule has 1 fully saturated rings. The molecular weight excluding hydrogens is 405 g/mol. The van der Waals surface area contributed by atoms with Crippen molar-refractivity contribution in [1.82, 2.24) is 14.9 Å². The molecule has 1 unspecified atom stereocenters. The number of benzene rings is 1. The smallest absolute Gasteiger partial charge is 0.275 e. The van der Waals surface area contributed by atoms with Gasteiger partial charge in [0, 0.05) is 17.0 Å². The molecule has 0 radical (unpaired) electrons. The van der Waals surface area contributed by atoms with E-state index in [1.807, 2.05) is 13.0 Å². The number of hydrogen-bond acceptors (Lipinski definition) is 6. The lowest BCUT2D eigenvalue weighted by atomic mass is 10.2. The Balaban J connectivity index is 1.52. The van der Waals surface area contributed by atoms with Gasteiger partial charge in [0.2, 0.25) is 0 Å². The molecular formula is C22H24FN3O3S. The molecule has 30 heavy (non-hydrogen) atoms. The van der Waals surface area contributed by atoms with Crippen LogP contribution in [0.5, 0.6) is 5.75 Å². The molecule has 1 aliphatic rings. The predicted octanol–water partition coefficient (Wildman–Crippen LogP) is 4.11. The minimum absolute atomic E-state index is 0.193. The minimum Gasteiger partial charge on any atom is -0.501 e. The van der Waals surface area contributed by atoms with Gasteiger partial charge in [-0.05, 0) is 57.0 Å². The highest BCUT2D eigenvalue weighted by Gasteiger charge is 2.15. The summed E-state index contributed by atoms with van der Waals surface area (Å²) in [5.74, 6) is -0.302. The fourth-order valence-electron chi connectivity index (χ4n) is 3.48. The Bertz CT molecular complexity index is 1100. The summed E-state index contributed by atoms with van der Waals surface area (Å²) in [7, 11) is 0. The van der Waals surface area contributed by atoms with E-state index < -0.39 is 5.82 Å². The zero-order valence-electron chi connectivity index (χ0n) is 16.8. The SMILES string of the molecule is CCOC=Cc1cc2ncn(-c3ccc(OCCC4CCCN4)c(F)c3)c(=O)c2s1. The highest BCUT2D eigenvalue weighted by Crippen LogP contribution is 2.24. The first-order valence-electron chi connectivity index (χ1n) is 10.1. The lowest BCUT2D eigenvalue weighted by molar-refractivity contribution is 0.272. The summed E-state index contributed by atoms with van der Waals surface area (Å²) in [4.78, 5) is 18.1. The normalized spacial score (nSPS) is 16.5. The molecule has 0 aliphatic carbocycles.